The van der Waals surface area contributed by atoms with Gasteiger partial charge in [0, 0.05) is 37.5 Å². The van der Waals surface area contributed by atoms with Gasteiger partial charge in [-0.15, -0.1) is 0 Å². The first-order valence-electron chi connectivity index (χ1n) is 8.52. The van der Waals surface area contributed by atoms with Crippen LogP contribution >= 0.6 is 0 Å². The Hall–Kier alpha value is -3.35. The number of carbonyl (C=O) groups is 2. The van der Waals surface area contributed by atoms with Crippen molar-refractivity contribution in [2.45, 2.75) is 20.3 Å². The van der Waals surface area contributed by atoms with Crippen molar-refractivity contribution in [2.75, 3.05) is 14.1 Å². The molecule has 7 nitrogen and oxygen atoms in total. The Morgan fingerprint density at radius 2 is 1.85 bits per heavy atom. The van der Waals surface area contributed by atoms with Crippen molar-refractivity contribution in [3.8, 4) is 17.0 Å². The smallest absolute Gasteiger partial charge is 0.409 e. The van der Waals surface area contributed by atoms with E-state index in [-0.39, 0.29) is 12.3 Å². The second-order valence-corrected chi connectivity index (χ2v) is 6.71. The molecular formula is C20H22N4O3. The summed E-state index contributed by atoms with van der Waals surface area (Å²) in [5.74, 6) is 0.321. The molecule has 0 bridgehead atoms. The Kier molecular flexibility index (Phi) is 4.85. The van der Waals surface area contributed by atoms with Crippen molar-refractivity contribution in [2.24, 2.45) is 5.73 Å². The van der Waals surface area contributed by atoms with E-state index in [0.717, 1.165) is 22.5 Å². The minimum atomic E-state index is -0.879. The van der Waals surface area contributed by atoms with Gasteiger partial charge >= 0.3 is 6.09 Å². The third-order valence-electron chi connectivity index (χ3n) is 4.36. The van der Waals surface area contributed by atoms with Crippen molar-refractivity contribution < 1.29 is 14.3 Å². The van der Waals surface area contributed by atoms with Gasteiger partial charge in [0.2, 0.25) is 5.91 Å². The molecule has 0 spiro atoms. The van der Waals surface area contributed by atoms with Gasteiger partial charge in [0.1, 0.15) is 11.4 Å². The third kappa shape index (κ3) is 3.76. The molecule has 0 atom stereocenters. The third-order valence-corrected chi connectivity index (χ3v) is 4.36. The first kappa shape index (κ1) is 18.4. The number of primary amides is 1. The molecule has 0 unspecified atom stereocenters. The number of nitrogens with two attached hydrogens (primary N) is 1. The van der Waals surface area contributed by atoms with Crippen LogP contribution in [0.15, 0.2) is 36.5 Å². The molecule has 0 aliphatic heterocycles. The number of fused-ring (bicyclic) bond motifs is 1. The summed E-state index contributed by atoms with van der Waals surface area (Å²) in [7, 11) is 3.45. The van der Waals surface area contributed by atoms with Gasteiger partial charge in [0.15, 0.2) is 0 Å². The van der Waals surface area contributed by atoms with Crippen molar-refractivity contribution >= 4 is 17.6 Å². The van der Waals surface area contributed by atoms with Gasteiger partial charge in [-0.3, -0.25) is 4.79 Å². The van der Waals surface area contributed by atoms with Crippen LogP contribution in [0, 0.1) is 13.8 Å². The molecule has 2 aromatic heterocycles. The predicted octanol–water partition coefficient (Wildman–Crippen LogP) is 2.71. The number of aryl methyl sites for hydroxylation is 2. The zero-order valence-corrected chi connectivity index (χ0v) is 15.8. The topological polar surface area (TPSA) is 89.9 Å². The van der Waals surface area contributed by atoms with Crippen molar-refractivity contribution in [1.82, 2.24) is 14.3 Å². The minimum Gasteiger partial charge on any atom is -0.410 e. The molecule has 3 rings (SSSR count). The van der Waals surface area contributed by atoms with E-state index in [1.165, 1.54) is 0 Å². The average Bonchev–Trinajstić information content (AvgIpc) is 2.93. The van der Waals surface area contributed by atoms with E-state index < -0.39 is 6.09 Å². The highest BCUT2D eigenvalue weighted by Crippen LogP contribution is 2.29. The van der Waals surface area contributed by atoms with Crippen LogP contribution in [-0.2, 0) is 11.2 Å². The predicted molar refractivity (Wildman–Crippen MR) is 103 cm³/mol. The van der Waals surface area contributed by atoms with Gasteiger partial charge in [-0.25, -0.2) is 9.78 Å². The monoisotopic (exact) mass is 366 g/mol. The van der Waals surface area contributed by atoms with Gasteiger partial charge in [-0.1, -0.05) is 29.8 Å². The van der Waals surface area contributed by atoms with Crippen molar-refractivity contribution in [3.63, 3.8) is 0 Å². The summed E-state index contributed by atoms with van der Waals surface area (Å²) >= 11 is 0. The summed E-state index contributed by atoms with van der Waals surface area (Å²) < 4.78 is 6.91. The van der Waals surface area contributed by atoms with E-state index in [2.05, 4.69) is 0 Å². The molecule has 0 saturated carbocycles. The quantitative estimate of drug-likeness (QED) is 0.769. The molecule has 0 aliphatic carbocycles. The maximum absolute atomic E-state index is 12.4. The van der Waals surface area contributed by atoms with Crippen LogP contribution in [0.2, 0.25) is 0 Å². The van der Waals surface area contributed by atoms with Crippen molar-refractivity contribution in [3.05, 3.63) is 53.3 Å². The number of amides is 2. The molecular weight excluding hydrogens is 344 g/mol. The maximum Gasteiger partial charge on any atom is 0.409 e. The first-order valence-corrected chi connectivity index (χ1v) is 8.52. The summed E-state index contributed by atoms with van der Waals surface area (Å²) in [6, 6.07) is 9.62. The van der Waals surface area contributed by atoms with Gasteiger partial charge in [0.05, 0.1) is 17.8 Å². The molecule has 140 valence electrons. The number of carbonyl (C=O) groups excluding carboxylic acids is 2. The number of hydrogen-bond donors (Lipinski definition) is 1. The molecule has 2 N–H and O–H groups in total. The molecule has 2 amide bonds. The lowest BCUT2D eigenvalue weighted by Gasteiger charge is -2.12. The highest BCUT2D eigenvalue weighted by Gasteiger charge is 2.19. The summed E-state index contributed by atoms with van der Waals surface area (Å²) in [4.78, 5) is 29.8. The molecule has 0 radical (unpaired) electrons. The van der Waals surface area contributed by atoms with E-state index in [4.69, 9.17) is 15.5 Å². The molecule has 0 saturated heterocycles. The molecule has 0 fully saturated rings. The fraction of sp³-hybridized carbons (Fsp3) is 0.250. The first-order chi connectivity index (χ1) is 12.8. The van der Waals surface area contributed by atoms with Crippen molar-refractivity contribution in [1.29, 1.82) is 0 Å². The van der Waals surface area contributed by atoms with E-state index >= 15 is 0 Å². The standard InChI is InChI=1S/C20H22N4O3/c1-12-5-7-14(8-6-12)19-15(9-18(25)23(3)4)24-11-13(2)16(27-20(21)26)10-17(24)22-19/h5-8,10-11H,9H2,1-4H3,(H2,21,26). The van der Waals surface area contributed by atoms with Crippen LogP contribution in [0.25, 0.3) is 16.9 Å². The molecule has 0 aliphatic rings. The second-order valence-electron chi connectivity index (χ2n) is 6.71. The number of hydrogen-bond acceptors (Lipinski definition) is 4. The summed E-state index contributed by atoms with van der Waals surface area (Å²) in [6.45, 7) is 3.82. The summed E-state index contributed by atoms with van der Waals surface area (Å²) in [5.41, 5.74) is 9.99. The lowest BCUT2D eigenvalue weighted by molar-refractivity contribution is -0.128. The Balaban J connectivity index is 2.20. The van der Waals surface area contributed by atoms with Gasteiger partial charge in [0.25, 0.3) is 0 Å². The van der Waals surface area contributed by atoms with E-state index in [0.29, 0.717) is 17.0 Å². The Morgan fingerprint density at radius 3 is 2.44 bits per heavy atom. The van der Waals surface area contributed by atoms with E-state index in [9.17, 15) is 9.59 Å². The fourth-order valence-corrected chi connectivity index (χ4v) is 2.85. The largest absolute Gasteiger partial charge is 0.410 e. The molecule has 2 heterocycles. The minimum absolute atomic E-state index is 0.0275. The number of rotatable bonds is 4. The van der Waals surface area contributed by atoms with Gasteiger partial charge in [-0.2, -0.15) is 0 Å². The van der Waals surface area contributed by atoms with Crippen LogP contribution < -0.4 is 10.5 Å². The number of pyridine rings is 1. The molecule has 3 aromatic rings. The van der Waals surface area contributed by atoms with Crippen LogP contribution in [0.4, 0.5) is 4.79 Å². The normalized spacial score (nSPS) is 10.8. The maximum atomic E-state index is 12.4. The fourth-order valence-electron chi connectivity index (χ4n) is 2.85. The molecule has 7 heteroatoms. The Labute approximate surface area is 157 Å². The van der Waals surface area contributed by atoms with Crippen LogP contribution in [0.3, 0.4) is 0 Å². The zero-order valence-electron chi connectivity index (χ0n) is 15.8. The average molecular weight is 366 g/mol. The van der Waals surface area contributed by atoms with Crippen LogP contribution in [0.1, 0.15) is 16.8 Å². The van der Waals surface area contributed by atoms with E-state index in [1.807, 2.05) is 35.6 Å². The Bertz CT molecular complexity index is 1020. The highest BCUT2D eigenvalue weighted by molar-refractivity contribution is 5.81. The number of benzene rings is 1. The highest BCUT2D eigenvalue weighted by atomic mass is 16.5. The summed E-state index contributed by atoms with van der Waals surface area (Å²) in [6.07, 6.45) is 1.12. The van der Waals surface area contributed by atoms with Crippen LogP contribution in [0.5, 0.6) is 5.75 Å². The van der Waals surface area contributed by atoms with Gasteiger partial charge < -0.3 is 19.8 Å². The van der Waals surface area contributed by atoms with E-state index in [1.54, 1.807) is 38.2 Å². The SMILES string of the molecule is Cc1ccc(-c2nc3cc(OC(N)=O)c(C)cn3c2CC(=O)N(C)C)cc1. The lowest BCUT2D eigenvalue weighted by Crippen LogP contribution is -2.24. The summed E-state index contributed by atoms with van der Waals surface area (Å²) in [5, 5.41) is 0. The number of likely N-dealkylation sites (N-methyl/N-ethyl adjacent to an activating group) is 1. The number of ether oxygens (including phenoxy) is 1. The van der Waals surface area contributed by atoms with Crippen LogP contribution in [-0.4, -0.2) is 40.4 Å². The van der Waals surface area contributed by atoms with Gasteiger partial charge in [-0.05, 0) is 13.8 Å². The number of aromatic nitrogens is 2. The lowest BCUT2D eigenvalue weighted by atomic mass is 10.1. The Morgan fingerprint density at radius 1 is 1.19 bits per heavy atom. The molecule has 27 heavy (non-hydrogen) atoms. The zero-order chi connectivity index (χ0) is 19.7. The number of nitrogens with zero attached hydrogens (tertiary/aromatic N) is 3. The second kappa shape index (κ2) is 7.11. The molecule has 1 aromatic carbocycles. The number of imidazole rings is 1.